The molecule has 2 rings (SSSR count). The first-order valence-corrected chi connectivity index (χ1v) is 6.82. The van der Waals surface area contributed by atoms with E-state index in [-0.39, 0.29) is 12.2 Å². The Kier molecular flexibility index (Phi) is 4.92. The van der Waals surface area contributed by atoms with Crippen LogP contribution in [0.1, 0.15) is 29.4 Å². The Morgan fingerprint density at radius 2 is 2.00 bits per heavy atom. The van der Waals surface area contributed by atoms with Crippen LogP contribution in [0.2, 0.25) is 0 Å². The monoisotopic (exact) mass is 289 g/mol. The van der Waals surface area contributed by atoms with Gasteiger partial charge >= 0.3 is 0 Å². The normalized spacial score (nSPS) is 10.4. The number of hydrogen-bond acceptors (Lipinski definition) is 5. The van der Waals surface area contributed by atoms with Crippen molar-refractivity contribution < 1.29 is 14.3 Å². The summed E-state index contributed by atoms with van der Waals surface area (Å²) in [6.45, 7) is 2.72. The summed E-state index contributed by atoms with van der Waals surface area (Å²) in [5.74, 6) is 1.25. The van der Waals surface area contributed by atoms with Gasteiger partial charge in [0.1, 0.15) is 5.69 Å². The first-order valence-electron chi connectivity index (χ1n) is 6.82. The molecular weight excluding hydrogens is 270 g/mol. The van der Waals surface area contributed by atoms with Gasteiger partial charge in [0.25, 0.3) is 0 Å². The molecule has 0 amide bonds. The zero-order chi connectivity index (χ0) is 15.2. The second kappa shape index (κ2) is 6.88. The molecule has 0 bridgehead atoms. The van der Waals surface area contributed by atoms with Crippen LogP contribution in [-0.2, 0) is 13.0 Å². The van der Waals surface area contributed by atoms with Crippen molar-refractivity contribution >= 4 is 5.78 Å². The van der Waals surface area contributed by atoms with E-state index >= 15 is 0 Å². The summed E-state index contributed by atoms with van der Waals surface area (Å²) in [5.41, 5.74) is 1.40. The van der Waals surface area contributed by atoms with Crippen LogP contribution in [-0.4, -0.2) is 35.0 Å². The van der Waals surface area contributed by atoms with E-state index in [0.717, 1.165) is 12.0 Å². The highest BCUT2D eigenvalue weighted by Crippen LogP contribution is 2.28. The van der Waals surface area contributed by atoms with E-state index in [4.69, 9.17) is 9.47 Å². The number of Topliss-reactive ketones (excluding diaryl/α,β-unsaturated/α-hetero) is 1. The Morgan fingerprint density at radius 1 is 1.24 bits per heavy atom. The Balaban J connectivity index is 2.17. The molecular formula is C15H19N3O3. The Morgan fingerprint density at radius 3 is 2.67 bits per heavy atom. The molecule has 0 atom stereocenters. The maximum atomic E-state index is 12.4. The standard InChI is InChI=1S/C15H19N3O3/c1-4-7-18-12(10-16-17-18)13(19)8-11-5-6-14(20-2)15(9-11)21-3/h5-6,9-10H,4,7-8H2,1-3H3. The maximum absolute atomic E-state index is 12.4. The Hall–Kier alpha value is -2.37. The largest absolute Gasteiger partial charge is 0.493 e. The molecule has 0 aliphatic rings. The fourth-order valence-electron chi connectivity index (χ4n) is 2.12. The summed E-state index contributed by atoms with van der Waals surface area (Å²) in [6, 6.07) is 5.46. The topological polar surface area (TPSA) is 66.2 Å². The summed E-state index contributed by atoms with van der Waals surface area (Å²) in [6.07, 6.45) is 2.69. The third-order valence-corrected chi connectivity index (χ3v) is 3.15. The minimum atomic E-state index is -0.0133. The number of nitrogens with zero attached hydrogens (tertiary/aromatic N) is 3. The third-order valence-electron chi connectivity index (χ3n) is 3.15. The van der Waals surface area contributed by atoms with Gasteiger partial charge in [0, 0.05) is 13.0 Å². The van der Waals surface area contributed by atoms with Crippen LogP contribution >= 0.6 is 0 Å². The molecule has 21 heavy (non-hydrogen) atoms. The van der Waals surface area contributed by atoms with Gasteiger partial charge in [-0.2, -0.15) is 0 Å². The van der Waals surface area contributed by atoms with Gasteiger partial charge in [-0.3, -0.25) is 4.79 Å². The second-order valence-electron chi connectivity index (χ2n) is 4.63. The third kappa shape index (κ3) is 3.39. The van der Waals surface area contributed by atoms with Crippen molar-refractivity contribution in [1.82, 2.24) is 15.0 Å². The van der Waals surface area contributed by atoms with Crippen LogP contribution in [0.3, 0.4) is 0 Å². The zero-order valence-electron chi connectivity index (χ0n) is 12.5. The highest BCUT2D eigenvalue weighted by Gasteiger charge is 2.14. The lowest BCUT2D eigenvalue weighted by molar-refractivity contribution is 0.0982. The van der Waals surface area contributed by atoms with E-state index in [9.17, 15) is 4.79 Å². The van der Waals surface area contributed by atoms with Crippen molar-refractivity contribution in [3.63, 3.8) is 0 Å². The van der Waals surface area contributed by atoms with Gasteiger partial charge in [-0.1, -0.05) is 18.2 Å². The number of carbonyl (C=O) groups is 1. The molecule has 0 saturated carbocycles. The van der Waals surface area contributed by atoms with Crippen LogP contribution in [0, 0.1) is 0 Å². The van der Waals surface area contributed by atoms with Gasteiger partial charge in [-0.15, -0.1) is 5.10 Å². The molecule has 1 aromatic carbocycles. The number of methoxy groups -OCH3 is 2. The van der Waals surface area contributed by atoms with Crippen molar-refractivity contribution in [2.45, 2.75) is 26.3 Å². The quantitative estimate of drug-likeness (QED) is 0.730. The SMILES string of the molecule is CCCn1nncc1C(=O)Cc1ccc(OC)c(OC)c1. The molecule has 2 aromatic rings. The van der Waals surface area contributed by atoms with Gasteiger partial charge in [0.05, 0.1) is 20.4 Å². The molecule has 6 nitrogen and oxygen atoms in total. The van der Waals surface area contributed by atoms with E-state index < -0.39 is 0 Å². The summed E-state index contributed by atoms with van der Waals surface area (Å²) in [4.78, 5) is 12.4. The molecule has 0 fully saturated rings. The van der Waals surface area contributed by atoms with Crippen molar-refractivity contribution in [3.8, 4) is 11.5 Å². The predicted octanol–water partition coefficient (Wildman–Crippen LogP) is 2.13. The minimum absolute atomic E-state index is 0.0133. The predicted molar refractivity (Wildman–Crippen MR) is 77.9 cm³/mol. The summed E-state index contributed by atoms with van der Waals surface area (Å²) in [5, 5.41) is 7.74. The Labute approximate surface area is 123 Å². The van der Waals surface area contributed by atoms with Crippen LogP contribution < -0.4 is 9.47 Å². The second-order valence-corrected chi connectivity index (χ2v) is 4.63. The maximum Gasteiger partial charge on any atom is 0.186 e. The number of ether oxygens (including phenoxy) is 2. The van der Waals surface area contributed by atoms with E-state index in [1.165, 1.54) is 6.20 Å². The molecule has 1 aromatic heterocycles. The molecule has 0 aliphatic carbocycles. The molecule has 0 N–H and O–H groups in total. The van der Waals surface area contributed by atoms with Gasteiger partial charge in [0.2, 0.25) is 0 Å². The van der Waals surface area contributed by atoms with E-state index in [1.807, 2.05) is 19.1 Å². The van der Waals surface area contributed by atoms with Crippen molar-refractivity contribution in [1.29, 1.82) is 0 Å². The lowest BCUT2D eigenvalue weighted by Crippen LogP contribution is -2.12. The number of benzene rings is 1. The number of aromatic nitrogens is 3. The average Bonchev–Trinajstić information content (AvgIpc) is 2.96. The summed E-state index contributed by atoms with van der Waals surface area (Å²) < 4.78 is 12.1. The molecule has 112 valence electrons. The molecule has 0 unspecified atom stereocenters. The summed E-state index contributed by atoms with van der Waals surface area (Å²) in [7, 11) is 3.15. The number of aryl methyl sites for hydroxylation is 1. The van der Waals surface area contributed by atoms with Crippen molar-refractivity contribution in [3.05, 3.63) is 35.7 Å². The highest BCUT2D eigenvalue weighted by molar-refractivity contribution is 5.95. The molecule has 0 aliphatic heterocycles. The van der Waals surface area contributed by atoms with E-state index in [1.54, 1.807) is 25.0 Å². The highest BCUT2D eigenvalue weighted by atomic mass is 16.5. The average molecular weight is 289 g/mol. The number of carbonyl (C=O) groups excluding carboxylic acids is 1. The zero-order valence-corrected chi connectivity index (χ0v) is 12.5. The fourth-order valence-corrected chi connectivity index (χ4v) is 2.12. The lowest BCUT2D eigenvalue weighted by atomic mass is 10.1. The van der Waals surface area contributed by atoms with E-state index in [2.05, 4.69) is 10.3 Å². The van der Waals surface area contributed by atoms with Gasteiger partial charge in [-0.25, -0.2) is 4.68 Å². The number of rotatable bonds is 7. The number of hydrogen-bond donors (Lipinski definition) is 0. The number of ketones is 1. The molecule has 1 heterocycles. The van der Waals surface area contributed by atoms with Gasteiger partial charge in [-0.05, 0) is 24.1 Å². The molecule has 0 saturated heterocycles. The lowest BCUT2D eigenvalue weighted by Gasteiger charge is -2.09. The first-order chi connectivity index (χ1) is 10.2. The van der Waals surface area contributed by atoms with Gasteiger partial charge < -0.3 is 9.47 Å². The Bertz CT molecular complexity index is 622. The van der Waals surface area contributed by atoms with Crippen molar-refractivity contribution in [2.24, 2.45) is 0 Å². The fraction of sp³-hybridized carbons (Fsp3) is 0.400. The molecule has 0 radical (unpaired) electrons. The first kappa shape index (κ1) is 15.0. The van der Waals surface area contributed by atoms with Crippen LogP contribution in [0.25, 0.3) is 0 Å². The van der Waals surface area contributed by atoms with Crippen LogP contribution in [0.5, 0.6) is 11.5 Å². The van der Waals surface area contributed by atoms with E-state index in [0.29, 0.717) is 23.7 Å². The molecule has 6 heteroatoms. The minimum Gasteiger partial charge on any atom is -0.493 e. The van der Waals surface area contributed by atoms with Crippen molar-refractivity contribution in [2.75, 3.05) is 14.2 Å². The summed E-state index contributed by atoms with van der Waals surface area (Å²) >= 11 is 0. The van der Waals surface area contributed by atoms with Crippen LogP contribution in [0.15, 0.2) is 24.4 Å². The van der Waals surface area contributed by atoms with Crippen LogP contribution in [0.4, 0.5) is 0 Å². The molecule has 0 spiro atoms. The van der Waals surface area contributed by atoms with Gasteiger partial charge in [0.15, 0.2) is 17.3 Å². The smallest absolute Gasteiger partial charge is 0.186 e.